The van der Waals surface area contributed by atoms with E-state index in [-0.39, 0.29) is 28.3 Å². The molecule has 5 fully saturated rings. The van der Waals surface area contributed by atoms with Crippen molar-refractivity contribution < 1.29 is 14.7 Å². The Balaban J connectivity index is 1.73. The third-order valence-corrected chi connectivity index (χ3v) is 9.36. The average Bonchev–Trinajstić information content (AvgIpc) is 2.91. The smallest absolute Gasteiger partial charge is 0.147 e. The first kappa shape index (κ1) is 13.7. The predicted molar refractivity (Wildman–Crippen MR) is 81.0 cm³/mol. The minimum Gasteiger partial charge on any atom is -0.389 e. The molecule has 4 bridgehead atoms. The van der Waals surface area contributed by atoms with E-state index in [0.29, 0.717) is 24.7 Å². The Morgan fingerprint density at radius 2 is 1.77 bits per heavy atom. The van der Waals surface area contributed by atoms with Crippen LogP contribution in [0.1, 0.15) is 65.2 Å². The molecule has 1 N–H and O–H groups in total. The monoisotopic (exact) mass is 302 g/mol. The second kappa shape index (κ2) is 3.53. The molecule has 120 valence electrons. The number of hydrogen-bond donors (Lipinski definition) is 1. The van der Waals surface area contributed by atoms with Gasteiger partial charge in [0.2, 0.25) is 0 Å². The fourth-order valence-corrected chi connectivity index (χ4v) is 8.23. The van der Waals surface area contributed by atoms with Crippen LogP contribution in [0.25, 0.3) is 0 Å². The van der Waals surface area contributed by atoms with E-state index >= 15 is 0 Å². The molecule has 3 heteroatoms. The molecule has 3 nitrogen and oxygen atoms in total. The first-order valence-corrected chi connectivity index (χ1v) is 9.09. The maximum atomic E-state index is 13.1. The number of carbonyl (C=O) groups excluding carboxylic acids is 2. The lowest BCUT2D eigenvalue weighted by Gasteiger charge is -2.60. The lowest BCUT2D eigenvalue weighted by molar-refractivity contribution is -0.184. The Hall–Kier alpha value is -0.700. The van der Waals surface area contributed by atoms with Gasteiger partial charge in [-0.15, -0.1) is 0 Å². The van der Waals surface area contributed by atoms with Gasteiger partial charge in [0.05, 0.1) is 11.0 Å². The van der Waals surface area contributed by atoms with Gasteiger partial charge in [-0.2, -0.15) is 0 Å². The largest absolute Gasteiger partial charge is 0.389 e. The van der Waals surface area contributed by atoms with Crippen LogP contribution in [-0.2, 0) is 9.59 Å². The molecule has 0 unspecified atom stereocenters. The number of ketones is 2. The van der Waals surface area contributed by atoms with E-state index in [2.05, 4.69) is 6.92 Å². The Labute approximate surface area is 131 Å². The third-order valence-electron chi connectivity index (χ3n) is 9.36. The standard InChI is InChI=1S/C19H26O3/c1-16-7-8-18(22)9-11(16)3-4-13-12-5-6-14(20)17(12,2)15(21)10-19(13,16)18/h11-13,22H,3-10H2,1-2H3/t11-,12+,13+,16+,17+,18+,19+/m0/s1. The summed E-state index contributed by atoms with van der Waals surface area (Å²) in [4.78, 5) is 25.6. The van der Waals surface area contributed by atoms with Crippen LogP contribution in [0.4, 0.5) is 0 Å². The molecule has 7 atom stereocenters. The van der Waals surface area contributed by atoms with Crippen molar-refractivity contribution in [3.63, 3.8) is 0 Å². The zero-order valence-electron chi connectivity index (χ0n) is 13.7. The quantitative estimate of drug-likeness (QED) is 0.700. The van der Waals surface area contributed by atoms with Gasteiger partial charge in [-0.05, 0) is 68.6 Å². The minimum absolute atomic E-state index is 0.118. The van der Waals surface area contributed by atoms with Gasteiger partial charge in [0, 0.05) is 18.3 Å². The van der Waals surface area contributed by atoms with Crippen LogP contribution in [0.5, 0.6) is 0 Å². The molecule has 0 heterocycles. The Morgan fingerprint density at radius 3 is 2.55 bits per heavy atom. The highest BCUT2D eigenvalue weighted by molar-refractivity contribution is 6.09. The number of aliphatic hydroxyl groups is 1. The van der Waals surface area contributed by atoms with Crippen LogP contribution in [0.2, 0.25) is 0 Å². The summed E-state index contributed by atoms with van der Waals surface area (Å²) >= 11 is 0. The van der Waals surface area contributed by atoms with Crippen molar-refractivity contribution >= 4 is 11.6 Å². The number of hydrogen-bond acceptors (Lipinski definition) is 3. The highest BCUT2D eigenvalue weighted by Gasteiger charge is 2.81. The molecule has 1 spiro atoms. The second-order valence-electron chi connectivity index (χ2n) is 9.38. The summed E-state index contributed by atoms with van der Waals surface area (Å²) in [5, 5.41) is 11.5. The van der Waals surface area contributed by atoms with Gasteiger partial charge in [-0.1, -0.05) is 6.92 Å². The summed E-state index contributed by atoms with van der Waals surface area (Å²) in [6.45, 7) is 4.26. The van der Waals surface area contributed by atoms with Gasteiger partial charge in [0.25, 0.3) is 0 Å². The van der Waals surface area contributed by atoms with Crippen LogP contribution in [-0.4, -0.2) is 22.3 Å². The number of Topliss-reactive ketones (excluding diaryl/α,β-unsaturated/α-hetero) is 2. The van der Waals surface area contributed by atoms with Crippen LogP contribution < -0.4 is 0 Å². The zero-order valence-corrected chi connectivity index (χ0v) is 13.7. The molecule has 0 amide bonds. The molecule has 5 rings (SSSR count). The van der Waals surface area contributed by atoms with Crippen molar-refractivity contribution in [1.82, 2.24) is 0 Å². The van der Waals surface area contributed by atoms with E-state index in [1.54, 1.807) is 0 Å². The highest BCUT2D eigenvalue weighted by atomic mass is 16.3. The van der Waals surface area contributed by atoms with E-state index < -0.39 is 11.0 Å². The van der Waals surface area contributed by atoms with E-state index in [4.69, 9.17) is 0 Å². The van der Waals surface area contributed by atoms with E-state index in [9.17, 15) is 14.7 Å². The van der Waals surface area contributed by atoms with Crippen molar-refractivity contribution in [1.29, 1.82) is 0 Å². The topological polar surface area (TPSA) is 54.4 Å². The molecule has 5 aliphatic rings. The molecule has 5 aliphatic carbocycles. The van der Waals surface area contributed by atoms with Gasteiger partial charge < -0.3 is 5.11 Å². The Morgan fingerprint density at radius 1 is 1.00 bits per heavy atom. The fourth-order valence-electron chi connectivity index (χ4n) is 8.23. The summed E-state index contributed by atoms with van der Waals surface area (Å²) in [5.74, 6) is 1.45. The van der Waals surface area contributed by atoms with Crippen molar-refractivity contribution in [2.24, 2.45) is 34.0 Å². The summed E-state index contributed by atoms with van der Waals surface area (Å²) in [5.41, 5.74) is -1.49. The predicted octanol–water partition coefficient (Wildman–Crippen LogP) is 2.89. The van der Waals surface area contributed by atoms with Gasteiger partial charge in [0.1, 0.15) is 11.6 Å². The Bertz CT molecular complexity index is 612. The fraction of sp³-hybridized carbons (Fsp3) is 0.895. The zero-order chi connectivity index (χ0) is 15.5. The summed E-state index contributed by atoms with van der Waals surface area (Å²) in [6.07, 6.45) is 7.01. The van der Waals surface area contributed by atoms with E-state index in [1.165, 1.54) is 6.42 Å². The SMILES string of the molecule is C[C@]12C(=O)CC[C@@H]1[C@H]1CC[C@H]3C[C@]4(O)CC[C@@]3(C)[C@@]14CC2=O. The first-order chi connectivity index (χ1) is 10.3. The Kier molecular flexibility index (Phi) is 2.20. The molecule has 0 radical (unpaired) electrons. The molecule has 0 aliphatic heterocycles. The lowest BCUT2D eigenvalue weighted by atomic mass is 9.42. The minimum atomic E-state index is -0.739. The highest BCUT2D eigenvalue weighted by Crippen LogP contribution is 2.81. The van der Waals surface area contributed by atoms with Gasteiger partial charge in [0.15, 0.2) is 0 Å². The summed E-state index contributed by atoms with van der Waals surface area (Å²) in [6, 6.07) is 0. The van der Waals surface area contributed by atoms with Crippen LogP contribution in [0.15, 0.2) is 0 Å². The molecule has 0 aromatic rings. The first-order valence-electron chi connectivity index (χ1n) is 9.09. The van der Waals surface area contributed by atoms with Gasteiger partial charge in [-0.25, -0.2) is 0 Å². The number of rotatable bonds is 0. The molecule has 5 saturated carbocycles. The van der Waals surface area contributed by atoms with Crippen molar-refractivity contribution in [2.45, 2.75) is 70.8 Å². The van der Waals surface area contributed by atoms with Crippen molar-refractivity contribution in [3.05, 3.63) is 0 Å². The third kappa shape index (κ3) is 1.05. The number of fused-ring (bicyclic) bond motifs is 2. The molecule has 22 heavy (non-hydrogen) atoms. The molecule has 0 aromatic carbocycles. The molecule has 0 aromatic heterocycles. The van der Waals surface area contributed by atoms with Crippen molar-refractivity contribution in [3.8, 4) is 0 Å². The molecular formula is C19H26O3. The van der Waals surface area contributed by atoms with Gasteiger partial charge in [-0.3, -0.25) is 9.59 Å². The lowest BCUT2D eigenvalue weighted by Crippen LogP contribution is -2.62. The summed E-state index contributed by atoms with van der Waals surface area (Å²) < 4.78 is 0. The van der Waals surface area contributed by atoms with Gasteiger partial charge >= 0.3 is 0 Å². The van der Waals surface area contributed by atoms with Crippen molar-refractivity contribution in [2.75, 3.05) is 0 Å². The van der Waals surface area contributed by atoms with Crippen LogP contribution >= 0.6 is 0 Å². The van der Waals surface area contributed by atoms with E-state index in [1.807, 2.05) is 6.92 Å². The maximum absolute atomic E-state index is 13.1. The van der Waals surface area contributed by atoms with Crippen LogP contribution in [0, 0.1) is 34.0 Å². The molecular weight excluding hydrogens is 276 g/mol. The summed E-state index contributed by atoms with van der Waals surface area (Å²) in [7, 11) is 0. The normalized spacial score (nSPS) is 62.2. The maximum Gasteiger partial charge on any atom is 0.147 e. The second-order valence-corrected chi connectivity index (χ2v) is 9.38. The van der Waals surface area contributed by atoms with E-state index in [0.717, 1.165) is 32.1 Å². The number of carbonyl (C=O) groups is 2. The average molecular weight is 302 g/mol. The van der Waals surface area contributed by atoms with Crippen LogP contribution in [0.3, 0.4) is 0 Å². The molecule has 0 saturated heterocycles.